The lowest BCUT2D eigenvalue weighted by atomic mass is 9.99. The average molecular weight is 280 g/mol. The van der Waals surface area contributed by atoms with E-state index in [1.165, 1.54) is 0 Å². The molecule has 1 aliphatic rings. The van der Waals surface area contributed by atoms with Gasteiger partial charge in [0, 0.05) is 11.5 Å². The van der Waals surface area contributed by atoms with E-state index in [1.54, 1.807) is 26.0 Å². The minimum absolute atomic E-state index is 0.154. The Kier molecular flexibility index (Phi) is 4.25. The van der Waals surface area contributed by atoms with Crippen LogP contribution >= 0.6 is 0 Å². The van der Waals surface area contributed by atoms with Gasteiger partial charge >= 0.3 is 0 Å². The van der Waals surface area contributed by atoms with Crippen molar-refractivity contribution in [1.29, 1.82) is 0 Å². The molecular formula is C14H20N2O4. The fraction of sp³-hybridized carbons (Fsp3) is 0.571. The summed E-state index contributed by atoms with van der Waals surface area (Å²) in [7, 11) is 0. The van der Waals surface area contributed by atoms with Crippen LogP contribution < -0.4 is 10.9 Å². The number of aromatic amines is 1. The highest BCUT2D eigenvalue weighted by Crippen LogP contribution is 2.33. The van der Waals surface area contributed by atoms with E-state index in [0.717, 1.165) is 0 Å². The number of pyridine rings is 1. The maximum Gasteiger partial charge on any atom is 0.252 e. The third kappa shape index (κ3) is 3.08. The molecule has 1 fully saturated rings. The van der Waals surface area contributed by atoms with Crippen molar-refractivity contribution < 1.29 is 15.0 Å². The van der Waals surface area contributed by atoms with E-state index in [2.05, 4.69) is 10.3 Å². The summed E-state index contributed by atoms with van der Waals surface area (Å²) in [5, 5.41) is 21.7. The van der Waals surface area contributed by atoms with Crippen molar-refractivity contribution in [3.05, 3.63) is 28.0 Å². The third-order valence-corrected chi connectivity index (χ3v) is 3.66. The van der Waals surface area contributed by atoms with Crippen molar-refractivity contribution in [3.8, 4) is 0 Å². The van der Waals surface area contributed by atoms with Crippen LogP contribution in [0.4, 0.5) is 5.82 Å². The Labute approximate surface area is 116 Å². The quantitative estimate of drug-likeness (QED) is 0.650. The van der Waals surface area contributed by atoms with Crippen molar-refractivity contribution in [2.24, 2.45) is 5.92 Å². The molecule has 2 unspecified atom stereocenters. The summed E-state index contributed by atoms with van der Waals surface area (Å²) in [6.45, 7) is 3.53. The maximum atomic E-state index is 12.0. The molecule has 0 spiro atoms. The fourth-order valence-electron chi connectivity index (χ4n) is 2.40. The van der Waals surface area contributed by atoms with Gasteiger partial charge in [-0.05, 0) is 30.9 Å². The van der Waals surface area contributed by atoms with Gasteiger partial charge in [0.25, 0.3) is 5.56 Å². The van der Waals surface area contributed by atoms with Crippen LogP contribution in [0.5, 0.6) is 0 Å². The summed E-state index contributed by atoms with van der Waals surface area (Å²) >= 11 is 0. The van der Waals surface area contributed by atoms with Crippen LogP contribution in [0.3, 0.4) is 0 Å². The zero-order chi connectivity index (χ0) is 14.9. The number of aromatic nitrogens is 1. The van der Waals surface area contributed by atoms with Gasteiger partial charge in [-0.1, -0.05) is 13.8 Å². The maximum absolute atomic E-state index is 12.0. The third-order valence-electron chi connectivity index (χ3n) is 3.66. The van der Waals surface area contributed by atoms with Gasteiger partial charge in [0.1, 0.15) is 5.82 Å². The van der Waals surface area contributed by atoms with Crippen LogP contribution in [-0.4, -0.2) is 33.3 Å². The molecule has 1 saturated carbocycles. The molecule has 0 aromatic carbocycles. The van der Waals surface area contributed by atoms with Crippen molar-refractivity contribution in [3.63, 3.8) is 0 Å². The van der Waals surface area contributed by atoms with Gasteiger partial charge in [-0.25, -0.2) is 0 Å². The first-order valence-electron chi connectivity index (χ1n) is 6.78. The fourth-order valence-corrected chi connectivity index (χ4v) is 2.40. The zero-order valence-corrected chi connectivity index (χ0v) is 11.6. The predicted octanol–water partition coefficient (Wildman–Crippen LogP) is 0.569. The van der Waals surface area contributed by atoms with E-state index in [4.69, 9.17) is 0 Å². The summed E-state index contributed by atoms with van der Waals surface area (Å²) in [6.07, 6.45) is -0.802. The summed E-state index contributed by atoms with van der Waals surface area (Å²) < 4.78 is 0. The molecule has 1 aliphatic carbocycles. The van der Waals surface area contributed by atoms with E-state index in [-0.39, 0.29) is 23.3 Å². The molecule has 110 valence electrons. The van der Waals surface area contributed by atoms with Gasteiger partial charge in [-0.2, -0.15) is 0 Å². The number of carbonyl (C=O) groups excluding carboxylic acids is 1. The van der Waals surface area contributed by atoms with Crippen LogP contribution in [0.25, 0.3) is 0 Å². The molecule has 2 atom stereocenters. The summed E-state index contributed by atoms with van der Waals surface area (Å²) in [5.41, 5.74) is 0.237. The Bertz CT molecular complexity index is 542. The van der Waals surface area contributed by atoms with Crippen molar-refractivity contribution >= 4 is 11.7 Å². The van der Waals surface area contributed by atoms with Crippen molar-refractivity contribution in [1.82, 2.24) is 4.98 Å². The highest BCUT2D eigenvalue weighted by Gasteiger charge is 2.33. The molecular weight excluding hydrogens is 260 g/mol. The van der Waals surface area contributed by atoms with E-state index in [9.17, 15) is 19.8 Å². The molecule has 6 heteroatoms. The number of amides is 1. The molecule has 1 heterocycles. The topological polar surface area (TPSA) is 102 Å². The Balaban J connectivity index is 2.15. The largest absolute Gasteiger partial charge is 0.390 e. The highest BCUT2D eigenvalue weighted by molar-refractivity contribution is 5.91. The van der Waals surface area contributed by atoms with Crippen LogP contribution in [0.15, 0.2) is 16.9 Å². The molecule has 0 radical (unpaired) electrons. The lowest BCUT2D eigenvalue weighted by molar-refractivity contribution is -0.118. The lowest BCUT2D eigenvalue weighted by Crippen LogP contribution is -2.22. The van der Waals surface area contributed by atoms with E-state index in [1.807, 2.05) is 0 Å². The smallest absolute Gasteiger partial charge is 0.252 e. The molecule has 0 saturated heterocycles. The molecule has 1 amide bonds. The Morgan fingerprint density at radius 1 is 1.30 bits per heavy atom. The van der Waals surface area contributed by atoms with Crippen LogP contribution in [0.1, 0.15) is 38.2 Å². The number of carbonyl (C=O) groups is 1. The average Bonchev–Trinajstić information content (AvgIpc) is 2.69. The van der Waals surface area contributed by atoms with Crippen LogP contribution in [0.2, 0.25) is 0 Å². The second-order valence-corrected chi connectivity index (χ2v) is 5.60. The zero-order valence-electron chi connectivity index (χ0n) is 11.6. The number of hydrogen-bond donors (Lipinski definition) is 4. The number of aliphatic hydroxyl groups excluding tert-OH is 2. The molecule has 0 aliphatic heterocycles. The number of rotatable bonds is 3. The molecule has 1 aromatic heterocycles. The second-order valence-electron chi connectivity index (χ2n) is 5.60. The summed E-state index contributed by atoms with van der Waals surface area (Å²) in [5.74, 6) is -0.131. The highest BCUT2D eigenvalue weighted by atomic mass is 16.3. The minimum atomic E-state index is -0.778. The first kappa shape index (κ1) is 14.7. The first-order chi connectivity index (χ1) is 9.38. The number of anilines is 1. The van der Waals surface area contributed by atoms with Gasteiger partial charge in [-0.3, -0.25) is 9.59 Å². The van der Waals surface area contributed by atoms with Crippen LogP contribution in [-0.2, 0) is 4.79 Å². The SMILES string of the molecule is CC(C)C(=O)Nc1ccc(C2CC(O)C(O)C2)c(=O)[nH]1. The molecule has 1 aromatic rings. The normalized spacial score (nSPS) is 25.9. The minimum Gasteiger partial charge on any atom is -0.390 e. The number of H-pyrrole nitrogens is 1. The van der Waals surface area contributed by atoms with Gasteiger partial charge in [-0.15, -0.1) is 0 Å². The monoisotopic (exact) mass is 280 g/mol. The van der Waals surface area contributed by atoms with Crippen molar-refractivity contribution in [2.45, 2.75) is 44.8 Å². The van der Waals surface area contributed by atoms with E-state index in [0.29, 0.717) is 24.2 Å². The van der Waals surface area contributed by atoms with Crippen molar-refractivity contribution in [2.75, 3.05) is 5.32 Å². The lowest BCUT2D eigenvalue weighted by Gasteiger charge is -2.11. The van der Waals surface area contributed by atoms with Gasteiger partial charge in [0.2, 0.25) is 5.91 Å². The molecule has 2 rings (SSSR count). The molecule has 6 nitrogen and oxygen atoms in total. The molecule has 0 bridgehead atoms. The Morgan fingerprint density at radius 2 is 1.90 bits per heavy atom. The van der Waals surface area contributed by atoms with Gasteiger partial charge in [0.05, 0.1) is 12.2 Å². The Morgan fingerprint density at radius 3 is 2.40 bits per heavy atom. The predicted molar refractivity (Wildman–Crippen MR) is 74.5 cm³/mol. The standard InChI is InChI=1S/C14H20N2O4/c1-7(2)13(19)15-12-4-3-9(14(20)16-12)8-5-10(17)11(18)6-8/h3-4,7-8,10-11,17-18H,5-6H2,1-2H3,(H2,15,16,19,20). The molecule has 20 heavy (non-hydrogen) atoms. The van der Waals surface area contributed by atoms with Gasteiger partial charge < -0.3 is 20.5 Å². The summed E-state index contributed by atoms with van der Waals surface area (Å²) in [4.78, 5) is 26.2. The van der Waals surface area contributed by atoms with E-state index >= 15 is 0 Å². The van der Waals surface area contributed by atoms with Gasteiger partial charge in [0.15, 0.2) is 0 Å². The van der Waals surface area contributed by atoms with E-state index < -0.39 is 12.2 Å². The number of aliphatic hydroxyl groups is 2. The first-order valence-corrected chi connectivity index (χ1v) is 6.78. The molecule has 4 N–H and O–H groups in total. The van der Waals surface area contributed by atoms with Crippen LogP contribution in [0, 0.1) is 5.92 Å². The number of hydrogen-bond acceptors (Lipinski definition) is 4. The second kappa shape index (κ2) is 5.76. The number of nitrogens with one attached hydrogen (secondary N) is 2. The Hall–Kier alpha value is -1.66. The summed E-state index contributed by atoms with van der Waals surface area (Å²) in [6, 6.07) is 3.28.